The molecule has 1 unspecified atom stereocenters. The quantitative estimate of drug-likeness (QED) is 0.336. The molecular formula is C28H32N2O7S. The number of hydrogen-bond acceptors (Lipinski definition) is 7. The topological polar surface area (TPSA) is 134 Å². The van der Waals surface area contributed by atoms with Gasteiger partial charge in [0.25, 0.3) is 10.0 Å². The van der Waals surface area contributed by atoms with Gasteiger partial charge in [-0.2, -0.15) is 0 Å². The molecule has 38 heavy (non-hydrogen) atoms. The van der Waals surface area contributed by atoms with Crippen molar-refractivity contribution in [2.24, 2.45) is 5.92 Å². The number of amides is 1. The van der Waals surface area contributed by atoms with Gasteiger partial charge in [-0.05, 0) is 73.9 Å². The summed E-state index contributed by atoms with van der Waals surface area (Å²) in [6.45, 7) is -0.705. The zero-order valence-electron chi connectivity index (χ0n) is 21.0. The molecule has 3 aliphatic rings. The highest BCUT2D eigenvalue weighted by atomic mass is 32.2. The molecule has 1 saturated carbocycles. The first-order valence-corrected chi connectivity index (χ1v) is 14.5. The zero-order chi connectivity index (χ0) is 26.7. The minimum atomic E-state index is -3.97. The first-order valence-electron chi connectivity index (χ1n) is 13.0. The van der Waals surface area contributed by atoms with Crippen molar-refractivity contribution in [2.45, 2.75) is 62.2 Å². The van der Waals surface area contributed by atoms with Gasteiger partial charge in [0.05, 0.1) is 10.8 Å². The number of carbonyl (C=O) groups excluding carboxylic acids is 1. The summed E-state index contributed by atoms with van der Waals surface area (Å²) in [5.74, 6) is 0.595. The van der Waals surface area contributed by atoms with E-state index in [1.165, 1.54) is 24.3 Å². The lowest BCUT2D eigenvalue weighted by molar-refractivity contribution is -0.242. The van der Waals surface area contributed by atoms with Crippen LogP contribution in [0, 0.1) is 5.92 Å². The number of carbonyl (C=O) groups is 1. The maximum Gasteiger partial charge on any atom is 0.261 e. The van der Waals surface area contributed by atoms with Gasteiger partial charge in [-0.15, -0.1) is 0 Å². The molecule has 1 atom stereocenters. The molecule has 2 aromatic rings. The summed E-state index contributed by atoms with van der Waals surface area (Å²) in [6, 6.07) is 12.9. The highest BCUT2D eigenvalue weighted by Gasteiger charge is 2.41. The lowest BCUT2D eigenvalue weighted by Gasteiger charge is -2.28. The molecule has 1 heterocycles. The van der Waals surface area contributed by atoms with Gasteiger partial charge in [0.15, 0.2) is 11.5 Å². The number of sulfonamides is 1. The summed E-state index contributed by atoms with van der Waals surface area (Å²) in [7, 11) is -3.97. The monoisotopic (exact) mass is 540 g/mol. The van der Waals surface area contributed by atoms with Crippen molar-refractivity contribution < 1.29 is 33.2 Å². The Morgan fingerprint density at radius 3 is 2.47 bits per heavy atom. The van der Waals surface area contributed by atoms with Crippen LogP contribution in [0.25, 0.3) is 0 Å². The van der Waals surface area contributed by atoms with Gasteiger partial charge < -0.3 is 15.5 Å². The third-order valence-corrected chi connectivity index (χ3v) is 8.49. The molecular weight excluding hydrogens is 508 g/mol. The summed E-state index contributed by atoms with van der Waals surface area (Å²) in [5, 5.41) is 22.6. The summed E-state index contributed by atoms with van der Waals surface area (Å²) in [6.07, 6.45) is 7.65. The third kappa shape index (κ3) is 5.81. The molecule has 2 aliphatic carbocycles. The highest BCUT2D eigenvalue weighted by Crippen LogP contribution is 2.50. The van der Waals surface area contributed by atoms with E-state index in [0.717, 1.165) is 62.5 Å². The Morgan fingerprint density at radius 2 is 1.71 bits per heavy atom. The van der Waals surface area contributed by atoms with Crippen molar-refractivity contribution in [1.29, 1.82) is 0 Å². The van der Waals surface area contributed by atoms with Crippen molar-refractivity contribution in [2.75, 3.05) is 16.6 Å². The van der Waals surface area contributed by atoms with E-state index < -0.39 is 22.5 Å². The maximum absolute atomic E-state index is 13.1. The van der Waals surface area contributed by atoms with Gasteiger partial charge in [-0.1, -0.05) is 31.0 Å². The Labute approximate surface area is 222 Å². The first kappa shape index (κ1) is 26.1. The number of aliphatic hydroxyl groups is 2. The van der Waals surface area contributed by atoms with E-state index in [1.807, 2.05) is 6.07 Å². The molecule has 9 nitrogen and oxygen atoms in total. The summed E-state index contributed by atoms with van der Waals surface area (Å²) >= 11 is 0. The van der Waals surface area contributed by atoms with Crippen LogP contribution in [0.1, 0.15) is 62.8 Å². The van der Waals surface area contributed by atoms with Crippen molar-refractivity contribution in [3.8, 4) is 0 Å². The van der Waals surface area contributed by atoms with Crippen LogP contribution >= 0.6 is 0 Å². The van der Waals surface area contributed by atoms with Gasteiger partial charge in [0.2, 0.25) is 11.7 Å². The Kier molecular flexibility index (Phi) is 7.62. The number of hydrogen-bond donors (Lipinski definition) is 4. The Hall–Kier alpha value is -3.50. The number of nitrogens with one attached hydrogen (secondary N) is 2. The van der Waals surface area contributed by atoms with Gasteiger partial charge in [-0.25, -0.2) is 8.42 Å². The molecule has 0 saturated heterocycles. The fourth-order valence-corrected chi connectivity index (χ4v) is 6.17. The van der Waals surface area contributed by atoms with Crippen molar-refractivity contribution in [1.82, 2.24) is 0 Å². The lowest BCUT2D eigenvalue weighted by atomic mass is 9.88. The molecule has 5 rings (SSSR count). The molecule has 1 aliphatic heterocycles. The van der Waals surface area contributed by atoms with Gasteiger partial charge in [-0.3, -0.25) is 19.3 Å². The second-order valence-corrected chi connectivity index (χ2v) is 11.7. The van der Waals surface area contributed by atoms with E-state index >= 15 is 0 Å². The average Bonchev–Trinajstić information content (AvgIpc) is 3.71. The molecule has 1 fully saturated rings. The molecule has 0 bridgehead atoms. The Morgan fingerprint density at radius 1 is 0.974 bits per heavy atom. The number of anilines is 2. The van der Waals surface area contributed by atoms with Gasteiger partial charge in [0, 0.05) is 23.4 Å². The largest absolute Gasteiger partial charge is 0.504 e. The molecule has 4 N–H and O–H groups in total. The number of rotatable bonds is 8. The minimum Gasteiger partial charge on any atom is -0.504 e. The van der Waals surface area contributed by atoms with E-state index in [2.05, 4.69) is 10.0 Å². The Balaban J connectivity index is 1.42. The van der Waals surface area contributed by atoms with Crippen LogP contribution in [-0.2, 0) is 24.6 Å². The lowest BCUT2D eigenvalue weighted by Crippen LogP contribution is -2.19. The van der Waals surface area contributed by atoms with Crippen molar-refractivity contribution >= 4 is 27.3 Å². The predicted octanol–water partition coefficient (Wildman–Crippen LogP) is 5.25. The van der Waals surface area contributed by atoms with Gasteiger partial charge >= 0.3 is 0 Å². The Bertz CT molecular complexity index is 1380. The van der Waals surface area contributed by atoms with Crippen LogP contribution in [0.5, 0.6) is 0 Å². The molecule has 0 radical (unpaired) electrons. The third-order valence-electron chi connectivity index (χ3n) is 7.11. The van der Waals surface area contributed by atoms with Crippen LogP contribution in [0.2, 0.25) is 0 Å². The van der Waals surface area contributed by atoms with Crippen LogP contribution in [0.3, 0.4) is 0 Å². The van der Waals surface area contributed by atoms with E-state index in [4.69, 9.17) is 14.9 Å². The predicted molar refractivity (Wildman–Crippen MR) is 141 cm³/mol. The van der Waals surface area contributed by atoms with Crippen LogP contribution in [0.15, 0.2) is 76.3 Å². The molecule has 0 spiro atoms. The summed E-state index contributed by atoms with van der Waals surface area (Å²) < 4.78 is 28.9. The minimum absolute atomic E-state index is 0.0366. The van der Waals surface area contributed by atoms with E-state index in [-0.39, 0.29) is 28.2 Å². The number of benzene rings is 2. The standard InChI is InChI=1S/C28H32N2O7S/c31-17-25(32)29-20-8-6-10-22(16-20)38(34,35)30-21-9-5-7-19(15-21)26(18-13-14-18)28-27(33)23-11-3-1-2-4-12-24(23)36-37-28/h5-10,15-16,18,26,30-31,33H,1-4,11-14,17H2,(H,29,32). The van der Waals surface area contributed by atoms with Crippen molar-refractivity contribution in [3.05, 3.63) is 76.9 Å². The zero-order valence-corrected chi connectivity index (χ0v) is 21.8. The average molecular weight is 541 g/mol. The van der Waals surface area contributed by atoms with E-state index in [9.17, 15) is 18.3 Å². The summed E-state index contributed by atoms with van der Waals surface area (Å²) in [5.41, 5.74) is 2.26. The number of allylic oxidation sites excluding steroid dienone is 3. The molecule has 0 aromatic heterocycles. The fraction of sp³-hybridized carbons (Fsp3) is 0.393. The van der Waals surface area contributed by atoms with Crippen LogP contribution in [-0.4, -0.2) is 31.1 Å². The molecule has 1 amide bonds. The second-order valence-electron chi connectivity index (χ2n) is 9.98. The SMILES string of the molecule is O=C(CO)Nc1cccc(S(=O)(=O)Nc2cccc(C(C3=C(O)C4=C(CCCCCC4)OO3)C3CC3)c2)c1. The summed E-state index contributed by atoms with van der Waals surface area (Å²) in [4.78, 5) is 22.9. The second kappa shape index (κ2) is 11.1. The van der Waals surface area contributed by atoms with Crippen molar-refractivity contribution in [3.63, 3.8) is 0 Å². The number of aliphatic hydroxyl groups excluding tert-OH is 2. The first-order chi connectivity index (χ1) is 18.4. The maximum atomic E-state index is 13.1. The van der Waals surface area contributed by atoms with Crippen LogP contribution in [0.4, 0.5) is 11.4 Å². The molecule has 2 aromatic carbocycles. The van der Waals surface area contributed by atoms with E-state index in [1.54, 1.807) is 18.2 Å². The van der Waals surface area contributed by atoms with Gasteiger partial charge in [0.1, 0.15) is 6.61 Å². The fourth-order valence-electron chi connectivity index (χ4n) is 5.07. The highest BCUT2D eigenvalue weighted by molar-refractivity contribution is 7.92. The molecule has 10 heteroatoms. The van der Waals surface area contributed by atoms with Crippen LogP contribution < -0.4 is 10.0 Å². The normalized spacial score (nSPS) is 18.9. The van der Waals surface area contributed by atoms with E-state index in [0.29, 0.717) is 17.2 Å². The molecule has 202 valence electrons. The smallest absolute Gasteiger partial charge is 0.261 e.